The fraction of sp³-hybridized carbons (Fsp3) is 0.588. The molecule has 2 unspecified atom stereocenters. The zero-order chi connectivity index (χ0) is 14.2. The van der Waals surface area contributed by atoms with Gasteiger partial charge in [-0.25, -0.2) is 0 Å². The minimum absolute atomic E-state index is 0.0472. The van der Waals surface area contributed by atoms with Gasteiger partial charge in [0.05, 0.1) is 12.5 Å². The lowest BCUT2D eigenvalue weighted by molar-refractivity contribution is -0.122. The first-order valence-corrected chi connectivity index (χ1v) is 8.04. The Morgan fingerprint density at radius 3 is 3.00 bits per heavy atom. The van der Waals surface area contributed by atoms with E-state index in [2.05, 4.69) is 23.1 Å². The van der Waals surface area contributed by atoms with E-state index in [1.807, 2.05) is 11.0 Å². The third-order valence-corrected chi connectivity index (χ3v) is 5.09. The van der Waals surface area contributed by atoms with Crippen molar-refractivity contribution in [2.45, 2.75) is 31.8 Å². The van der Waals surface area contributed by atoms with E-state index in [1.54, 1.807) is 0 Å². The first kappa shape index (κ1) is 13.3. The minimum atomic E-state index is 0.0472. The van der Waals surface area contributed by atoms with Gasteiger partial charge in [0.15, 0.2) is 0 Å². The molecule has 0 N–H and O–H groups in total. The van der Waals surface area contributed by atoms with Gasteiger partial charge < -0.3 is 9.64 Å². The number of hydrogen-bond donors (Lipinski definition) is 0. The van der Waals surface area contributed by atoms with Crippen LogP contribution in [0.4, 0.5) is 5.69 Å². The molecule has 0 bridgehead atoms. The highest BCUT2D eigenvalue weighted by Gasteiger charge is 2.36. The van der Waals surface area contributed by atoms with Gasteiger partial charge in [0, 0.05) is 31.4 Å². The Balaban J connectivity index is 1.68. The largest absolute Gasteiger partial charge is 0.381 e. The summed E-state index contributed by atoms with van der Waals surface area (Å²) in [6.07, 6.45) is 3.33. The molecular weight excluding hydrogens is 264 g/mol. The van der Waals surface area contributed by atoms with Crippen molar-refractivity contribution in [3.63, 3.8) is 0 Å². The van der Waals surface area contributed by atoms with Gasteiger partial charge in [-0.3, -0.25) is 9.69 Å². The minimum Gasteiger partial charge on any atom is -0.381 e. The van der Waals surface area contributed by atoms with Gasteiger partial charge in [0.25, 0.3) is 0 Å². The molecule has 3 aliphatic heterocycles. The maximum atomic E-state index is 12.9. The second-order valence-corrected chi connectivity index (χ2v) is 6.40. The standard InChI is InChI=1S/C17H22N2O2/c20-17(14-7-9-21-12-14)19-11-15-5-3-8-18(15)10-13-4-1-2-6-16(13)19/h1-2,4,6,14-15H,3,5,7-12H2. The molecule has 0 radical (unpaired) electrons. The zero-order valence-corrected chi connectivity index (χ0v) is 12.3. The molecule has 2 atom stereocenters. The van der Waals surface area contributed by atoms with Gasteiger partial charge in [-0.2, -0.15) is 0 Å². The number of benzene rings is 1. The zero-order valence-electron chi connectivity index (χ0n) is 12.3. The first-order chi connectivity index (χ1) is 10.3. The maximum absolute atomic E-state index is 12.9. The number of ether oxygens (including phenoxy) is 1. The second-order valence-electron chi connectivity index (χ2n) is 6.40. The predicted octanol–water partition coefficient (Wildman–Crippen LogP) is 2.03. The SMILES string of the molecule is O=C(C1CCOC1)N1CC2CCCN2Cc2ccccc21. The number of amides is 1. The highest BCUT2D eigenvalue weighted by molar-refractivity contribution is 5.96. The molecular formula is C17H22N2O2. The summed E-state index contributed by atoms with van der Waals surface area (Å²) in [5.74, 6) is 0.305. The topological polar surface area (TPSA) is 32.8 Å². The van der Waals surface area contributed by atoms with E-state index < -0.39 is 0 Å². The van der Waals surface area contributed by atoms with E-state index in [-0.39, 0.29) is 11.8 Å². The molecule has 0 aliphatic carbocycles. The second kappa shape index (κ2) is 5.43. The number of carbonyl (C=O) groups is 1. The number of anilines is 1. The van der Waals surface area contributed by atoms with Crippen LogP contribution in [0.1, 0.15) is 24.8 Å². The highest BCUT2D eigenvalue weighted by Crippen LogP contribution is 2.33. The number of carbonyl (C=O) groups excluding carboxylic acids is 1. The van der Waals surface area contributed by atoms with Crippen molar-refractivity contribution >= 4 is 11.6 Å². The van der Waals surface area contributed by atoms with Gasteiger partial charge in [0.1, 0.15) is 0 Å². The summed E-state index contributed by atoms with van der Waals surface area (Å²) in [7, 11) is 0. The molecule has 112 valence electrons. The molecule has 1 aromatic rings. The Morgan fingerprint density at radius 1 is 1.24 bits per heavy atom. The summed E-state index contributed by atoms with van der Waals surface area (Å²) in [5.41, 5.74) is 2.40. The van der Waals surface area contributed by atoms with Crippen molar-refractivity contribution in [1.82, 2.24) is 4.90 Å². The van der Waals surface area contributed by atoms with Crippen LogP contribution in [-0.4, -0.2) is 43.2 Å². The molecule has 2 saturated heterocycles. The van der Waals surface area contributed by atoms with Crippen molar-refractivity contribution in [2.75, 3.05) is 31.2 Å². The summed E-state index contributed by atoms with van der Waals surface area (Å²) in [6, 6.07) is 8.91. The van der Waals surface area contributed by atoms with Crippen LogP contribution in [-0.2, 0) is 16.1 Å². The summed E-state index contributed by atoms with van der Waals surface area (Å²) in [4.78, 5) is 17.5. The van der Waals surface area contributed by atoms with E-state index in [1.165, 1.54) is 18.4 Å². The Morgan fingerprint density at radius 2 is 2.14 bits per heavy atom. The first-order valence-electron chi connectivity index (χ1n) is 8.04. The summed E-state index contributed by atoms with van der Waals surface area (Å²) >= 11 is 0. The lowest BCUT2D eigenvalue weighted by Crippen LogP contribution is -2.43. The van der Waals surface area contributed by atoms with Gasteiger partial charge >= 0.3 is 0 Å². The van der Waals surface area contributed by atoms with E-state index in [9.17, 15) is 4.79 Å². The molecule has 1 aromatic carbocycles. The van der Waals surface area contributed by atoms with Gasteiger partial charge in [-0.1, -0.05) is 18.2 Å². The van der Waals surface area contributed by atoms with Gasteiger partial charge in [-0.15, -0.1) is 0 Å². The summed E-state index contributed by atoms with van der Waals surface area (Å²) < 4.78 is 5.42. The molecule has 0 saturated carbocycles. The molecule has 0 aromatic heterocycles. The molecule has 3 heterocycles. The van der Waals surface area contributed by atoms with Crippen molar-refractivity contribution in [2.24, 2.45) is 5.92 Å². The van der Waals surface area contributed by atoms with Crippen molar-refractivity contribution < 1.29 is 9.53 Å². The number of nitrogens with zero attached hydrogens (tertiary/aromatic N) is 2. The maximum Gasteiger partial charge on any atom is 0.232 e. The third kappa shape index (κ3) is 2.36. The van der Waals surface area contributed by atoms with Crippen LogP contribution in [0.25, 0.3) is 0 Å². The quantitative estimate of drug-likeness (QED) is 0.792. The Kier molecular flexibility index (Phi) is 3.43. The van der Waals surface area contributed by atoms with Crippen LogP contribution in [0, 0.1) is 5.92 Å². The molecule has 2 fully saturated rings. The van der Waals surface area contributed by atoms with Crippen LogP contribution in [0.2, 0.25) is 0 Å². The molecule has 1 amide bonds. The fourth-order valence-corrected chi connectivity index (χ4v) is 3.90. The van der Waals surface area contributed by atoms with E-state index in [0.717, 1.165) is 38.3 Å². The molecule has 21 heavy (non-hydrogen) atoms. The van der Waals surface area contributed by atoms with E-state index in [4.69, 9.17) is 4.74 Å². The molecule has 0 spiro atoms. The lowest BCUT2D eigenvalue weighted by atomic mass is 10.1. The summed E-state index contributed by atoms with van der Waals surface area (Å²) in [5, 5.41) is 0. The van der Waals surface area contributed by atoms with Gasteiger partial charge in [0.2, 0.25) is 5.91 Å². The number of hydrogen-bond acceptors (Lipinski definition) is 3. The Hall–Kier alpha value is -1.39. The molecule has 4 nitrogen and oxygen atoms in total. The summed E-state index contributed by atoms with van der Waals surface area (Å²) in [6.45, 7) is 4.29. The Labute approximate surface area is 125 Å². The predicted molar refractivity (Wildman–Crippen MR) is 81.2 cm³/mol. The smallest absolute Gasteiger partial charge is 0.232 e. The van der Waals surface area contributed by atoms with Crippen LogP contribution < -0.4 is 4.90 Å². The lowest BCUT2D eigenvalue weighted by Gasteiger charge is -2.28. The number of para-hydroxylation sites is 1. The molecule has 3 aliphatic rings. The highest BCUT2D eigenvalue weighted by atomic mass is 16.5. The molecule has 4 heteroatoms. The van der Waals surface area contributed by atoms with Crippen LogP contribution in [0.15, 0.2) is 24.3 Å². The fourth-order valence-electron chi connectivity index (χ4n) is 3.90. The number of fused-ring (bicyclic) bond motifs is 2. The van der Waals surface area contributed by atoms with Crippen LogP contribution in [0.3, 0.4) is 0 Å². The van der Waals surface area contributed by atoms with Crippen molar-refractivity contribution in [1.29, 1.82) is 0 Å². The normalized spacial score (nSPS) is 29.0. The van der Waals surface area contributed by atoms with Gasteiger partial charge in [-0.05, 0) is 37.4 Å². The number of rotatable bonds is 1. The van der Waals surface area contributed by atoms with Crippen LogP contribution >= 0.6 is 0 Å². The Bertz CT molecular complexity index is 539. The van der Waals surface area contributed by atoms with Crippen molar-refractivity contribution in [3.8, 4) is 0 Å². The molecule has 4 rings (SSSR count). The van der Waals surface area contributed by atoms with E-state index in [0.29, 0.717) is 12.6 Å². The van der Waals surface area contributed by atoms with Crippen LogP contribution in [0.5, 0.6) is 0 Å². The third-order valence-electron chi connectivity index (χ3n) is 5.09. The average Bonchev–Trinajstić information content (AvgIpc) is 3.15. The van der Waals surface area contributed by atoms with Crippen molar-refractivity contribution in [3.05, 3.63) is 29.8 Å². The van der Waals surface area contributed by atoms with E-state index >= 15 is 0 Å². The monoisotopic (exact) mass is 286 g/mol. The average molecular weight is 286 g/mol.